The zero-order valence-electron chi connectivity index (χ0n) is 21.4. The number of nitro benzene ring substituents is 1. The first-order valence-corrected chi connectivity index (χ1v) is 14.0. The van der Waals surface area contributed by atoms with Gasteiger partial charge in [-0.25, -0.2) is 4.39 Å². The van der Waals surface area contributed by atoms with E-state index in [4.69, 9.17) is 4.74 Å². The number of carbonyl (C=O) groups is 1. The van der Waals surface area contributed by atoms with E-state index in [1.54, 1.807) is 23.5 Å². The van der Waals surface area contributed by atoms with Crippen molar-refractivity contribution in [2.75, 3.05) is 39.3 Å². The van der Waals surface area contributed by atoms with Crippen molar-refractivity contribution in [3.05, 3.63) is 98.5 Å². The van der Waals surface area contributed by atoms with Gasteiger partial charge in [0, 0.05) is 43.9 Å². The van der Waals surface area contributed by atoms with Crippen LogP contribution in [0.1, 0.15) is 35.2 Å². The molecule has 1 amide bonds. The first kappa shape index (κ1) is 27.9. The summed E-state index contributed by atoms with van der Waals surface area (Å²) in [6.45, 7) is 5.78. The monoisotopic (exact) mass is 539 g/mol. The van der Waals surface area contributed by atoms with Crippen molar-refractivity contribution in [1.29, 1.82) is 0 Å². The third-order valence-electron chi connectivity index (χ3n) is 7.08. The first-order valence-electron chi connectivity index (χ1n) is 13.0. The predicted molar refractivity (Wildman–Crippen MR) is 147 cm³/mol. The van der Waals surface area contributed by atoms with Crippen molar-refractivity contribution in [2.45, 2.75) is 25.9 Å². The van der Waals surface area contributed by atoms with Crippen molar-refractivity contribution >= 4 is 22.9 Å². The number of thiophene rings is 1. The van der Waals surface area contributed by atoms with Crippen LogP contribution >= 0.6 is 11.3 Å². The molecule has 5 rings (SSSR count). The van der Waals surface area contributed by atoms with Crippen molar-refractivity contribution in [3.63, 3.8) is 0 Å². The highest BCUT2D eigenvalue weighted by Crippen LogP contribution is 2.24. The van der Waals surface area contributed by atoms with Gasteiger partial charge in [0.15, 0.2) is 0 Å². The summed E-state index contributed by atoms with van der Waals surface area (Å²) in [5.41, 5.74) is 1.49. The Kier molecular flexibility index (Phi) is 10.4. The number of hydrogen-bond acceptors (Lipinski definition) is 6. The smallest absolute Gasteiger partial charge is 0.269 e. The summed E-state index contributed by atoms with van der Waals surface area (Å²) < 4.78 is 18.8. The number of hydrogen-bond donors (Lipinski definition) is 0. The van der Waals surface area contributed by atoms with Crippen LogP contribution in [-0.2, 0) is 11.3 Å². The molecule has 0 radical (unpaired) electrons. The Balaban J connectivity index is 0.000000603. The lowest BCUT2D eigenvalue weighted by Gasteiger charge is -2.33. The van der Waals surface area contributed by atoms with Gasteiger partial charge in [-0.3, -0.25) is 14.9 Å². The highest BCUT2D eigenvalue weighted by Gasteiger charge is 2.29. The Bertz CT molecular complexity index is 1120. The van der Waals surface area contributed by atoms with Gasteiger partial charge in [0.25, 0.3) is 11.6 Å². The van der Waals surface area contributed by atoms with E-state index in [1.165, 1.54) is 36.4 Å². The molecule has 3 heterocycles. The fourth-order valence-corrected chi connectivity index (χ4v) is 5.38. The second kappa shape index (κ2) is 14.1. The van der Waals surface area contributed by atoms with Crippen LogP contribution in [0.3, 0.4) is 0 Å². The fraction of sp³-hybridized carbons (Fsp3) is 0.414. The van der Waals surface area contributed by atoms with Crippen molar-refractivity contribution < 1.29 is 18.8 Å². The molecule has 1 aromatic heterocycles. The molecule has 0 saturated carbocycles. The minimum absolute atomic E-state index is 0.00453. The number of nitro groups is 1. The van der Waals surface area contributed by atoms with Gasteiger partial charge in [-0.15, -0.1) is 0 Å². The number of rotatable bonds is 8. The third kappa shape index (κ3) is 8.44. The van der Waals surface area contributed by atoms with E-state index < -0.39 is 4.92 Å². The molecule has 38 heavy (non-hydrogen) atoms. The number of carbonyl (C=O) groups excluding carboxylic acids is 1. The number of non-ortho nitro benzene ring substituents is 1. The number of nitrogens with zero attached hydrogens (tertiary/aromatic N) is 3. The van der Waals surface area contributed by atoms with Crippen molar-refractivity contribution in [1.82, 2.24) is 9.80 Å². The molecular weight excluding hydrogens is 505 g/mol. The third-order valence-corrected chi connectivity index (χ3v) is 7.71. The summed E-state index contributed by atoms with van der Waals surface area (Å²) in [6.07, 6.45) is 3.18. The van der Waals surface area contributed by atoms with Gasteiger partial charge in [-0.2, -0.15) is 11.3 Å². The Hall–Kier alpha value is -3.14. The summed E-state index contributed by atoms with van der Waals surface area (Å²) >= 11 is 1.71. The number of halogens is 1. The number of benzene rings is 2. The minimum atomic E-state index is -0.457. The molecule has 0 aliphatic carbocycles. The zero-order valence-corrected chi connectivity index (χ0v) is 22.2. The van der Waals surface area contributed by atoms with Crippen LogP contribution in [-0.4, -0.2) is 60.0 Å². The normalized spacial score (nSPS) is 18.1. The molecule has 3 aromatic rings. The minimum Gasteiger partial charge on any atom is -0.376 e. The molecule has 2 aliphatic heterocycles. The molecule has 9 heteroatoms. The van der Waals surface area contributed by atoms with Crippen molar-refractivity contribution in [3.8, 4) is 0 Å². The van der Waals surface area contributed by atoms with Crippen LogP contribution in [0.4, 0.5) is 10.1 Å². The SMILES string of the molecule is O=C(c1ccc([N+](=O)[O-])cc1)N1CCC(CN2CCC(COCc3ccc(F)cc3)CC2)C1.c1ccsc1. The highest BCUT2D eigenvalue weighted by molar-refractivity contribution is 7.07. The zero-order chi connectivity index (χ0) is 26.7. The van der Waals surface area contributed by atoms with Crippen LogP contribution in [0.25, 0.3) is 0 Å². The molecule has 1 unspecified atom stereocenters. The van der Waals surface area contributed by atoms with Crippen LogP contribution < -0.4 is 0 Å². The summed E-state index contributed by atoms with van der Waals surface area (Å²) in [7, 11) is 0. The number of likely N-dealkylation sites (tertiary alicyclic amines) is 2. The van der Waals surface area contributed by atoms with E-state index in [0.29, 0.717) is 24.0 Å². The van der Waals surface area contributed by atoms with E-state index >= 15 is 0 Å². The van der Waals surface area contributed by atoms with Crippen LogP contribution in [0.5, 0.6) is 0 Å². The summed E-state index contributed by atoms with van der Waals surface area (Å²) in [4.78, 5) is 27.4. The van der Waals surface area contributed by atoms with Crippen LogP contribution in [0.2, 0.25) is 0 Å². The molecular formula is C29H34FN3O4S. The topological polar surface area (TPSA) is 75.9 Å². The maximum absolute atomic E-state index is 13.0. The van der Waals surface area contributed by atoms with Gasteiger partial charge >= 0.3 is 0 Å². The Morgan fingerprint density at radius 1 is 0.974 bits per heavy atom. The summed E-state index contributed by atoms with van der Waals surface area (Å²) in [6, 6.07) is 16.3. The average Bonchev–Trinajstić information content (AvgIpc) is 3.66. The van der Waals surface area contributed by atoms with E-state index in [1.807, 2.05) is 27.8 Å². The van der Waals surface area contributed by atoms with Gasteiger partial charge in [0.1, 0.15) is 5.82 Å². The molecule has 0 bridgehead atoms. The van der Waals surface area contributed by atoms with E-state index in [2.05, 4.69) is 4.90 Å². The fourth-order valence-electron chi connectivity index (χ4n) is 4.93. The standard InChI is InChI=1S/C25H30FN3O4.C4H4S/c26-23-5-1-19(2-6-23)17-33-18-20-9-12-27(13-10-20)15-21-11-14-28(16-21)25(30)22-3-7-24(8-4-22)29(31)32;1-2-4-5-3-1/h1-8,20-21H,9-18H2;1-4H. The molecule has 1 atom stereocenters. The highest BCUT2D eigenvalue weighted by atomic mass is 32.1. The van der Waals surface area contributed by atoms with Gasteiger partial charge < -0.3 is 14.5 Å². The molecule has 2 fully saturated rings. The summed E-state index contributed by atoms with van der Waals surface area (Å²) in [5, 5.41) is 14.9. The maximum Gasteiger partial charge on any atom is 0.269 e. The Morgan fingerprint density at radius 2 is 1.63 bits per heavy atom. The maximum atomic E-state index is 13.0. The lowest BCUT2D eigenvalue weighted by molar-refractivity contribution is -0.384. The largest absolute Gasteiger partial charge is 0.376 e. The molecule has 7 nitrogen and oxygen atoms in total. The lowest BCUT2D eigenvalue weighted by Crippen LogP contribution is -2.39. The van der Waals surface area contributed by atoms with E-state index in [0.717, 1.165) is 64.2 Å². The first-order chi connectivity index (χ1) is 18.5. The van der Waals surface area contributed by atoms with Crippen molar-refractivity contribution in [2.24, 2.45) is 11.8 Å². The number of amides is 1. The van der Waals surface area contributed by atoms with E-state index in [-0.39, 0.29) is 17.4 Å². The molecule has 2 saturated heterocycles. The van der Waals surface area contributed by atoms with Gasteiger partial charge in [0.2, 0.25) is 0 Å². The number of ether oxygens (including phenoxy) is 1. The second-order valence-corrected chi connectivity index (χ2v) is 10.7. The average molecular weight is 540 g/mol. The Morgan fingerprint density at radius 3 is 2.24 bits per heavy atom. The molecule has 2 aromatic carbocycles. The van der Waals surface area contributed by atoms with E-state index in [9.17, 15) is 19.3 Å². The second-order valence-electron chi connectivity index (χ2n) is 9.89. The van der Waals surface area contributed by atoms with Gasteiger partial charge in [0.05, 0.1) is 11.5 Å². The molecule has 0 spiro atoms. The lowest BCUT2D eigenvalue weighted by atomic mass is 9.96. The molecule has 202 valence electrons. The molecule has 2 aliphatic rings. The molecule has 0 N–H and O–H groups in total. The predicted octanol–water partition coefficient (Wildman–Crippen LogP) is 5.87. The van der Waals surface area contributed by atoms with Crippen LogP contribution in [0.15, 0.2) is 71.4 Å². The van der Waals surface area contributed by atoms with Crippen LogP contribution in [0, 0.1) is 27.8 Å². The summed E-state index contributed by atoms with van der Waals surface area (Å²) in [5.74, 6) is 0.723. The quantitative estimate of drug-likeness (QED) is 0.264. The van der Waals surface area contributed by atoms with Gasteiger partial charge in [-0.05, 0) is 84.8 Å². The van der Waals surface area contributed by atoms with Gasteiger partial charge in [-0.1, -0.05) is 24.3 Å². The number of piperidine rings is 1. The Labute approximate surface area is 227 Å².